The molecule has 0 bridgehead atoms. The Kier molecular flexibility index (Phi) is 2.34. The summed E-state index contributed by atoms with van der Waals surface area (Å²) in [7, 11) is 1.59. The Bertz CT molecular complexity index is 578. The zero-order valence-electron chi connectivity index (χ0n) is 7.99. The van der Waals surface area contributed by atoms with Crippen LogP contribution in [0.2, 0.25) is 5.02 Å². The maximum Gasteiger partial charge on any atom is 0.262 e. The van der Waals surface area contributed by atoms with Gasteiger partial charge < -0.3 is 0 Å². The van der Waals surface area contributed by atoms with Crippen LogP contribution in [0.5, 0.6) is 0 Å². The van der Waals surface area contributed by atoms with Crippen molar-refractivity contribution in [3.05, 3.63) is 33.6 Å². The number of nitrogens with one attached hydrogen (secondary N) is 1. The molecule has 0 aliphatic rings. The van der Waals surface area contributed by atoms with Gasteiger partial charge in [0.05, 0.1) is 10.9 Å². The average molecular weight is 225 g/mol. The number of hydrogen-bond donors (Lipinski definition) is 2. The molecule has 1 aromatic carbocycles. The van der Waals surface area contributed by atoms with E-state index in [0.29, 0.717) is 21.9 Å². The lowest BCUT2D eigenvalue weighted by atomic mass is 10.2. The molecule has 2 aromatic rings. The highest BCUT2D eigenvalue weighted by atomic mass is 35.5. The number of aromatic nitrogens is 2. The van der Waals surface area contributed by atoms with Crippen LogP contribution in [0.3, 0.4) is 0 Å². The Morgan fingerprint density at radius 1 is 1.53 bits per heavy atom. The van der Waals surface area contributed by atoms with Crippen LogP contribution in [-0.4, -0.2) is 9.55 Å². The van der Waals surface area contributed by atoms with Crippen LogP contribution in [-0.2, 0) is 7.05 Å². The third-order valence-electron chi connectivity index (χ3n) is 2.17. The molecule has 6 heteroatoms. The summed E-state index contributed by atoms with van der Waals surface area (Å²) in [5.41, 5.74) is 2.74. The minimum Gasteiger partial charge on any atom is -0.294 e. The first-order chi connectivity index (χ1) is 7.13. The number of halogens is 1. The van der Waals surface area contributed by atoms with Crippen molar-refractivity contribution in [3.63, 3.8) is 0 Å². The average Bonchev–Trinajstić information content (AvgIpc) is 2.24. The van der Waals surface area contributed by atoms with E-state index >= 15 is 0 Å². The molecule has 0 amide bonds. The number of hydrazine groups is 1. The number of anilines is 1. The molecule has 0 spiro atoms. The minimum absolute atomic E-state index is 0.185. The van der Waals surface area contributed by atoms with Crippen molar-refractivity contribution in [1.29, 1.82) is 0 Å². The predicted molar refractivity (Wildman–Crippen MR) is 59.8 cm³/mol. The van der Waals surface area contributed by atoms with Crippen LogP contribution in [0.4, 0.5) is 5.95 Å². The first-order valence-corrected chi connectivity index (χ1v) is 4.64. The second kappa shape index (κ2) is 3.52. The van der Waals surface area contributed by atoms with E-state index in [1.54, 1.807) is 25.2 Å². The zero-order chi connectivity index (χ0) is 11.0. The van der Waals surface area contributed by atoms with E-state index in [9.17, 15) is 4.79 Å². The van der Waals surface area contributed by atoms with Crippen molar-refractivity contribution in [2.45, 2.75) is 0 Å². The Balaban J connectivity index is 2.91. The Labute approximate surface area is 90.5 Å². The quantitative estimate of drug-likeness (QED) is 0.557. The highest BCUT2D eigenvalue weighted by molar-refractivity contribution is 6.31. The van der Waals surface area contributed by atoms with Crippen molar-refractivity contribution in [2.24, 2.45) is 12.9 Å². The monoisotopic (exact) mass is 224 g/mol. The molecular weight excluding hydrogens is 216 g/mol. The normalized spacial score (nSPS) is 10.6. The molecule has 0 fully saturated rings. The molecule has 15 heavy (non-hydrogen) atoms. The van der Waals surface area contributed by atoms with Gasteiger partial charge in [-0.2, -0.15) is 0 Å². The molecule has 0 aliphatic carbocycles. The standard InChI is InChI=1S/C9H9ClN4O/c1-14-8(15)6-4-5(10)2-3-7(6)12-9(14)13-11/h2-4H,11H2,1H3,(H,12,13). The van der Waals surface area contributed by atoms with Crippen LogP contribution in [0.25, 0.3) is 10.9 Å². The van der Waals surface area contributed by atoms with E-state index in [1.165, 1.54) is 4.57 Å². The van der Waals surface area contributed by atoms with Crippen LogP contribution in [0, 0.1) is 0 Å². The van der Waals surface area contributed by atoms with Gasteiger partial charge in [0.2, 0.25) is 5.95 Å². The Hall–Kier alpha value is -1.59. The first kappa shape index (κ1) is 9.95. The molecule has 1 heterocycles. The molecular formula is C9H9ClN4O. The molecule has 78 valence electrons. The minimum atomic E-state index is -0.185. The van der Waals surface area contributed by atoms with Gasteiger partial charge in [0.15, 0.2) is 0 Å². The number of benzene rings is 1. The summed E-state index contributed by atoms with van der Waals surface area (Å²) >= 11 is 5.80. The van der Waals surface area contributed by atoms with Crippen molar-refractivity contribution in [1.82, 2.24) is 9.55 Å². The summed E-state index contributed by atoms with van der Waals surface area (Å²) in [6.45, 7) is 0. The molecule has 0 saturated carbocycles. The van der Waals surface area contributed by atoms with Crippen LogP contribution >= 0.6 is 11.6 Å². The summed E-state index contributed by atoms with van der Waals surface area (Å²) in [6.07, 6.45) is 0. The second-order valence-electron chi connectivity index (χ2n) is 3.11. The van der Waals surface area contributed by atoms with Gasteiger partial charge in [-0.05, 0) is 18.2 Å². The number of nitrogen functional groups attached to an aromatic ring is 1. The molecule has 1 aromatic heterocycles. The molecule has 2 rings (SSSR count). The lowest BCUT2D eigenvalue weighted by molar-refractivity contribution is 0.845. The second-order valence-corrected chi connectivity index (χ2v) is 3.54. The zero-order valence-corrected chi connectivity index (χ0v) is 8.75. The van der Waals surface area contributed by atoms with E-state index in [4.69, 9.17) is 17.4 Å². The van der Waals surface area contributed by atoms with Gasteiger partial charge >= 0.3 is 0 Å². The van der Waals surface area contributed by atoms with Crippen LogP contribution in [0.15, 0.2) is 23.0 Å². The number of rotatable bonds is 1. The van der Waals surface area contributed by atoms with E-state index in [1.807, 2.05) is 0 Å². The lowest BCUT2D eigenvalue weighted by Crippen LogP contribution is -2.24. The Morgan fingerprint density at radius 3 is 2.93 bits per heavy atom. The predicted octanol–water partition coefficient (Wildman–Crippen LogP) is 0.872. The van der Waals surface area contributed by atoms with Crippen LogP contribution < -0.4 is 16.8 Å². The fourth-order valence-electron chi connectivity index (χ4n) is 1.37. The third-order valence-corrected chi connectivity index (χ3v) is 2.40. The largest absolute Gasteiger partial charge is 0.294 e. The van der Waals surface area contributed by atoms with E-state index < -0.39 is 0 Å². The highest BCUT2D eigenvalue weighted by Gasteiger charge is 2.06. The molecule has 3 N–H and O–H groups in total. The number of fused-ring (bicyclic) bond motifs is 1. The molecule has 0 unspecified atom stereocenters. The lowest BCUT2D eigenvalue weighted by Gasteiger charge is -2.07. The molecule has 0 saturated heterocycles. The molecule has 5 nitrogen and oxygen atoms in total. The molecule has 0 atom stereocenters. The molecule has 0 aliphatic heterocycles. The van der Waals surface area contributed by atoms with Gasteiger partial charge in [-0.3, -0.25) is 14.8 Å². The SMILES string of the molecule is Cn1c(NN)nc2ccc(Cl)cc2c1=O. The van der Waals surface area contributed by atoms with Gasteiger partial charge in [-0.25, -0.2) is 10.8 Å². The Morgan fingerprint density at radius 2 is 2.27 bits per heavy atom. The maximum absolute atomic E-state index is 11.8. The van der Waals surface area contributed by atoms with Crippen molar-refractivity contribution in [3.8, 4) is 0 Å². The fourth-order valence-corrected chi connectivity index (χ4v) is 1.54. The van der Waals surface area contributed by atoms with Crippen molar-refractivity contribution in [2.75, 3.05) is 5.43 Å². The van der Waals surface area contributed by atoms with Crippen molar-refractivity contribution >= 4 is 28.5 Å². The molecule has 0 radical (unpaired) electrons. The van der Waals surface area contributed by atoms with E-state index in [0.717, 1.165) is 0 Å². The van der Waals surface area contributed by atoms with Gasteiger partial charge in [0.25, 0.3) is 5.56 Å². The van der Waals surface area contributed by atoms with Crippen molar-refractivity contribution < 1.29 is 0 Å². The van der Waals surface area contributed by atoms with E-state index in [-0.39, 0.29) is 5.56 Å². The van der Waals surface area contributed by atoms with Crippen LogP contribution in [0.1, 0.15) is 0 Å². The van der Waals surface area contributed by atoms with Gasteiger partial charge in [-0.1, -0.05) is 11.6 Å². The van der Waals surface area contributed by atoms with Gasteiger partial charge in [0, 0.05) is 12.1 Å². The third kappa shape index (κ3) is 1.55. The number of nitrogens with two attached hydrogens (primary N) is 1. The summed E-state index contributed by atoms with van der Waals surface area (Å²) in [5.74, 6) is 5.56. The smallest absolute Gasteiger partial charge is 0.262 e. The van der Waals surface area contributed by atoms with E-state index in [2.05, 4.69) is 10.4 Å². The fraction of sp³-hybridized carbons (Fsp3) is 0.111. The van der Waals surface area contributed by atoms with Gasteiger partial charge in [0.1, 0.15) is 0 Å². The summed E-state index contributed by atoms with van der Waals surface area (Å²) in [6, 6.07) is 4.95. The topological polar surface area (TPSA) is 72.9 Å². The summed E-state index contributed by atoms with van der Waals surface area (Å²) in [4.78, 5) is 16.0. The van der Waals surface area contributed by atoms with Gasteiger partial charge in [-0.15, -0.1) is 0 Å². The maximum atomic E-state index is 11.8. The number of nitrogens with zero attached hydrogens (tertiary/aromatic N) is 2. The first-order valence-electron chi connectivity index (χ1n) is 4.26. The summed E-state index contributed by atoms with van der Waals surface area (Å²) in [5, 5.41) is 0.985. The highest BCUT2D eigenvalue weighted by Crippen LogP contribution is 2.15. The number of hydrogen-bond acceptors (Lipinski definition) is 4. The summed E-state index contributed by atoms with van der Waals surface area (Å²) < 4.78 is 1.33.